The van der Waals surface area contributed by atoms with Gasteiger partial charge in [-0.1, -0.05) is 0 Å². The lowest BCUT2D eigenvalue weighted by molar-refractivity contribution is 0.0789. The number of anilines is 1. The van der Waals surface area contributed by atoms with Crippen LogP contribution in [0.3, 0.4) is 0 Å². The summed E-state index contributed by atoms with van der Waals surface area (Å²) in [6.45, 7) is 3.04. The van der Waals surface area contributed by atoms with Crippen LogP contribution in [0.2, 0.25) is 0 Å². The molecule has 2 aromatic rings. The van der Waals surface area contributed by atoms with Crippen LogP contribution in [0.15, 0.2) is 24.4 Å². The minimum absolute atomic E-state index is 0.0139. The number of nitrogens with zero attached hydrogens (tertiary/aromatic N) is 5. The summed E-state index contributed by atoms with van der Waals surface area (Å²) in [5, 5.41) is 0. The number of hydrogen-bond acceptors (Lipinski definition) is 6. The van der Waals surface area contributed by atoms with E-state index in [0.717, 1.165) is 17.7 Å². The van der Waals surface area contributed by atoms with Gasteiger partial charge in [0.1, 0.15) is 5.75 Å². The van der Waals surface area contributed by atoms with E-state index in [0.29, 0.717) is 35.9 Å². The Bertz CT molecular complexity index is 958. The number of amides is 2. The van der Waals surface area contributed by atoms with Gasteiger partial charge < -0.3 is 19.4 Å². The first-order valence-corrected chi connectivity index (χ1v) is 9.92. The van der Waals surface area contributed by atoms with Gasteiger partial charge in [0.15, 0.2) is 0 Å². The highest BCUT2D eigenvalue weighted by molar-refractivity contribution is 5.96. The third-order valence-corrected chi connectivity index (χ3v) is 5.37. The summed E-state index contributed by atoms with van der Waals surface area (Å²) < 4.78 is 5.24. The van der Waals surface area contributed by atoms with E-state index < -0.39 is 0 Å². The summed E-state index contributed by atoms with van der Waals surface area (Å²) >= 11 is 0. The van der Waals surface area contributed by atoms with E-state index in [1.54, 1.807) is 39.5 Å². The van der Waals surface area contributed by atoms with E-state index >= 15 is 0 Å². The SMILES string of the molecule is COc1ccc(C(=O)N2CCC(c3nc(N(C)C)ncc3C(=O)N(C)C)C2)c(C)c1. The molecular weight excluding hydrogens is 382 g/mol. The monoisotopic (exact) mass is 411 g/mol. The fraction of sp³-hybridized carbons (Fsp3) is 0.455. The van der Waals surface area contributed by atoms with Crippen molar-refractivity contribution in [1.29, 1.82) is 0 Å². The number of methoxy groups -OCH3 is 1. The first-order chi connectivity index (χ1) is 14.2. The third-order valence-electron chi connectivity index (χ3n) is 5.37. The van der Waals surface area contributed by atoms with Crippen molar-refractivity contribution in [1.82, 2.24) is 19.8 Å². The minimum atomic E-state index is -0.133. The van der Waals surface area contributed by atoms with Crippen LogP contribution in [0.4, 0.5) is 5.95 Å². The van der Waals surface area contributed by atoms with E-state index in [-0.39, 0.29) is 17.7 Å². The molecule has 1 unspecified atom stereocenters. The molecule has 1 fully saturated rings. The molecule has 1 aromatic carbocycles. The Labute approximate surface area is 177 Å². The molecule has 1 aliphatic rings. The van der Waals surface area contributed by atoms with Crippen LogP contribution < -0.4 is 9.64 Å². The second-order valence-electron chi connectivity index (χ2n) is 7.98. The lowest BCUT2D eigenvalue weighted by Gasteiger charge is -2.21. The van der Waals surface area contributed by atoms with Crippen molar-refractivity contribution in [3.8, 4) is 5.75 Å². The number of carbonyl (C=O) groups excluding carboxylic acids is 2. The predicted molar refractivity (Wildman–Crippen MR) is 115 cm³/mol. The van der Waals surface area contributed by atoms with Crippen molar-refractivity contribution < 1.29 is 14.3 Å². The molecule has 0 spiro atoms. The van der Waals surface area contributed by atoms with Crippen LogP contribution in [-0.4, -0.2) is 80.0 Å². The molecule has 2 heterocycles. The van der Waals surface area contributed by atoms with E-state index in [9.17, 15) is 9.59 Å². The van der Waals surface area contributed by atoms with Crippen molar-refractivity contribution in [3.63, 3.8) is 0 Å². The van der Waals surface area contributed by atoms with Gasteiger partial charge in [0, 0.05) is 59.0 Å². The molecule has 2 amide bonds. The lowest BCUT2D eigenvalue weighted by Crippen LogP contribution is -2.30. The molecule has 1 aliphatic heterocycles. The fourth-order valence-electron chi connectivity index (χ4n) is 3.66. The van der Waals surface area contributed by atoms with Gasteiger partial charge >= 0.3 is 0 Å². The van der Waals surface area contributed by atoms with Crippen LogP contribution in [-0.2, 0) is 0 Å². The second kappa shape index (κ2) is 8.69. The maximum Gasteiger partial charge on any atom is 0.256 e. The second-order valence-corrected chi connectivity index (χ2v) is 7.98. The van der Waals surface area contributed by atoms with Crippen molar-refractivity contribution in [3.05, 3.63) is 46.8 Å². The molecular formula is C22H29N5O3. The summed E-state index contributed by atoms with van der Waals surface area (Å²) in [5.41, 5.74) is 2.74. The molecule has 30 heavy (non-hydrogen) atoms. The molecule has 0 bridgehead atoms. The summed E-state index contributed by atoms with van der Waals surface area (Å²) in [5.74, 6) is 1.11. The smallest absolute Gasteiger partial charge is 0.256 e. The number of rotatable bonds is 5. The predicted octanol–water partition coefficient (Wildman–Crippen LogP) is 2.19. The third kappa shape index (κ3) is 4.22. The van der Waals surface area contributed by atoms with Crippen LogP contribution in [0.1, 0.15) is 44.3 Å². The van der Waals surface area contributed by atoms with Gasteiger partial charge in [-0.05, 0) is 37.1 Å². The number of carbonyl (C=O) groups is 2. The number of ether oxygens (including phenoxy) is 1. The fourth-order valence-corrected chi connectivity index (χ4v) is 3.66. The van der Waals surface area contributed by atoms with Crippen molar-refractivity contribution in [2.45, 2.75) is 19.3 Å². The number of likely N-dealkylation sites (tertiary alicyclic amines) is 1. The maximum atomic E-state index is 13.1. The summed E-state index contributed by atoms with van der Waals surface area (Å²) in [7, 11) is 8.76. The van der Waals surface area contributed by atoms with Gasteiger partial charge in [-0.15, -0.1) is 0 Å². The molecule has 1 atom stereocenters. The van der Waals surface area contributed by atoms with Gasteiger partial charge in [0.2, 0.25) is 5.95 Å². The van der Waals surface area contributed by atoms with Crippen molar-refractivity contribution in [2.75, 3.05) is 53.3 Å². The highest BCUT2D eigenvalue weighted by Crippen LogP contribution is 2.31. The topological polar surface area (TPSA) is 78.9 Å². The van der Waals surface area contributed by atoms with Gasteiger partial charge in [0.25, 0.3) is 11.8 Å². The molecule has 8 heteroatoms. The Hall–Kier alpha value is -3.16. The Kier molecular flexibility index (Phi) is 6.24. The van der Waals surface area contributed by atoms with Gasteiger partial charge in [-0.3, -0.25) is 9.59 Å². The summed E-state index contributed by atoms with van der Waals surface area (Å²) in [4.78, 5) is 40.0. The average Bonchev–Trinajstić information content (AvgIpc) is 3.22. The van der Waals surface area contributed by atoms with Crippen molar-refractivity contribution in [2.24, 2.45) is 0 Å². The molecule has 1 aromatic heterocycles. The highest BCUT2D eigenvalue weighted by Gasteiger charge is 2.33. The standard InChI is InChI=1S/C22H29N5O3/c1-14-11-16(30-6)7-8-17(14)21(29)27-10-9-15(13-27)19-18(20(28)25(2)3)12-23-22(24-19)26(4)5/h7-8,11-12,15H,9-10,13H2,1-6H3. The molecule has 0 aliphatic carbocycles. The first-order valence-electron chi connectivity index (χ1n) is 9.92. The number of hydrogen-bond donors (Lipinski definition) is 0. The summed E-state index contributed by atoms with van der Waals surface area (Å²) in [6.07, 6.45) is 2.34. The van der Waals surface area contributed by atoms with Crippen LogP contribution in [0.25, 0.3) is 0 Å². The zero-order valence-corrected chi connectivity index (χ0v) is 18.5. The zero-order chi connectivity index (χ0) is 22.0. The number of benzene rings is 1. The first kappa shape index (κ1) is 21.5. The molecule has 0 radical (unpaired) electrons. The summed E-state index contributed by atoms with van der Waals surface area (Å²) in [6, 6.07) is 5.47. The van der Waals surface area contributed by atoms with Crippen LogP contribution in [0.5, 0.6) is 5.75 Å². The van der Waals surface area contributed by atoms with E-state index in [2.05, 4.69) is 9.97 Å². The molecule has 3 rings (SSSR count). The quantitative estimate of drug-likeness (QED) is 0.751. The normalized spacial score (nSPS) is 15.8. The molecule has 1 saturated heterocycles. The average molecular weight is 412 g/mol. The lowest BCUT2D eigenvalue weighted by atomic mass is 9.99. The largest absolute Gasteiger partial charge is 0.497 e. The van der Waals surface area contributed by atoms with E-state index in [1.807, 2.05) is 36.9 Å². The van der Waals surface area contributed by atoms with E-state index in [1.165, 1.54) is 4.90 Å². The molecule has 0 N–H and O–H groups in total. The number of aryl methyl sites for hydroxylation is 1. The van der Waals surface area contributed by atoms with Crippen LogP contribution in [0, 0.1) is 6.92 Å². The van der Waals surface area contributed by atoms with E-state index in [4.69, 9.17) is 4.74 Å². The molecule has 8 nitrogen and oxygen atoms in total. The van der Waals surface area contributed by atoms with Crippen LogP contribution >= 0.6 is 0 Å². The van der Waals surface area contributed by atoms with Gasteiger partial charge in [-0.25, -0.2) is 9.97 Å². The number of aromatic nitrogens is 2. The van der Waals surface area contributed by atoms with Gasteiger partial charge in [-0.2, -0.15) is 0 Å². The Morgan fingerprint density at radius 1 is 1.17 bits per heavy atom. The molecule has 0 saturated carbocycles. The minimum Gasteiger partial charge on any atom is -0.497 e. The Balaban J connectivity index is 1.88. The Morgan fingerprint density at radius 3 is 2.50 bits per heavy atom. The van der Waals surface area contributed by atoms with Crippen molar-refractivity contribution >= 4 is 17.8 Å². The Morgan fingerprint density at radius 2 is 1.90 bits per heavy atom. The zero-order valence-electron chi connectivity index (χ0n) is 18.5. The maximum absolute atomic E-state index is 13.1. The van der Waals surface area contributed by atoms with Gasteiger partial charge in [0.05, 0.1) is 18.4 Å². The molecule has 160 valence electrons. The highest BCUT2D eigenvalue weighted by atomic mass is 16.5.